The van der Waals surface area contributed by atoms with Crippen LogP contribution in [-0.4, -0.2) is 20.4 Å². The topological polar surface area (TPSA) is 116 Å². The predicted molar refractivity (Wildman–Crippen MR) is 75.8 cm³/mol. The number of hydrogen-bond donors (Lipinski definition) is 3. The summed E-state index contributed by atoms with van der Waals surface area (Å²) in [5.74, 6) is 0.993. The number of rotatable bonds is 5. The number of nitrogens with one attached hydrogen (secondary N) is 2. The molecule has 0 radical (unpaired) electrons. The molecule has 0 saturated carbocycles. The van der Waals surface area contributed by atoms with E-state index in [0.717, 1.165) is 29.7 Å². The van der Waals surface area contributed by atoms with E-state index >= 15 is 0 Å². The highest BCUT2D eigenvalue weighted by Gasteiger charge is 2.14. The number of aryl methyl sites for hydroxylation is 1. The van der Waals surface area contributed by atoms with Crippen molar-refractivity contribution in [3.05, 3.63) is 28.6 Å². The van der Waals surface area contributed by atoms with Gasteiger partial charge in [0, 0.05) is 12.1 Å². The highest BCUT2D eigenvalue weighted by Crippen LogP contribution is 2.20. The summed E-state index contributed by atoms with van der Waals surface area (Å²) in [6.45, 7) is 4.46. The molecule has 0 spiro atoms. The molecular formula is C13H17N7. The Morgan fingerprint density at radius 3 is 2.70 bits per heavy atom. The maximum absolute atomic E-state index is 9.36. The zero-order chi connectivity index (χ0) is 14.5. The van der Waals surface area contributed by atoms with E-state index in [1.54, 1.807) is 6.20 Å². The second-order valence-electron chi connectivity index (χ2n) is 4.33. The van der Waals surface area contributed by atoms with Crippen molar-refractivity contribution in [3.63, 3.8) is 0 Å². The van der Waals surface area contributed by atoms with Crippen LogP contribution < -0.4 is 11.1 Å². The molecule has 2 rings (SSSR count). The van der Waals surface area contributed by atoms with Crippen LogP contribution in [0.2, 0.25) is 0 Å². The lowest BCUT2D eigenvalue weighted by molar-refractivity contribution is 0.869. The number of nitrogen functional groups attached to an aromatic ring is 1. The molecule has 0 saturated heterocycles. The van der Waals surface area contributed by atoms with Gasteiger partial charge in [0.2, 0.25) is 0 Å². The van der Waals surface area contributed by atoms with E-state index in [-0.39, 0.29) is 0 Å². The first-order valence-corrected chi connectivity index (χ1v) is 6.51. The van der Waals surface area contributed by atoms with Gasteiger partial charge < -0.3 is 11.1 Å². The second kappa shape index (κ2) is 6.02. The fraction of sp³-hybridized carbons (Fsp3) is 0.385. The molecule has 7 nitrogen and oxygen atoms in total. The van der Waals surface area contributed by atoms with E-state index in [1.807, 2.05) is 13.8 Å². The molecule has 0 amide bonds. The highest BCUT2D eigenvalue weighted by atomic mass is 15.2. The molecular weight excluding hydrogens is 254 g/mol. The van der Waals surface area contributed by atoms with Crippen LogP contribution in [0.5, 0.6) is 0 Å². The largest absolute Gasteiger partial charge is 0.384 e. The Morgan fingerprint density at radius 1 is 1.35 bits per heavy atom. The van der Waals surface area contributed by atoms with Gasteiger partial charge in [0.25, 0.3) is 0 Å². The number of aromatic amines is 1. The Hall–Kier alpha value is -2.62. The van der Waals surface area contributed by atoms with Crippen molar-refractivity contribution < 1.29 is 0 Å². The summed E-state index contributed by atoms with van der Waals surface area (Å²) in [5.41, 5.74) is 8.93. The second-order valence-corrected chi connectivity index (χ2v) is 4.33. The van der Waals surface area contributed by atoms with Crippen LogP contribution in [0.15, 0.2) is 6.20 Å². The van der Waals surface area contributed by atoms with E-state index in [1.165, 1.54) is 0 Å². The Morgan fingerprint density at radius 2 is 2.15 bits per heavy atom. The van der Waals surface area contributed by atoms with Crippen LogP contribution >= 0.6 is 0 Å². The minimum atomic E-state index is 0.445. The van der Waals surface area contributed by atoms with Crippen molar-refractivity contribution in [2.75, 3.05) is 11.1 Å². The molecule has 7 heteroatoms. The van der Waals surface area contributed by atoms with Gasteiger partial charge in [0.05, 0.1) is 11.9 Å². The lowest BCUT2D eigenvalue weighted by Gasteiger charge is -2.11. The molecule has 0 aliphatic carbocycles. The molecule has 0 aromatic carbocycles. The van der Waals surface area contributed by atoms with E-state index in [9.17, 15) is 5.26 Å². The van der Waals surface area contributed by atoms with Crippen LogP contribution in [0.4, 0.5) is 11.6 Å². The van der Waals surface area contributed by atoms with Gasteiger partial charge in [-0.25, -0.2) is 0 Å². The van der Waals surface area contributed by atoms with E-state index in [0.29, 0.717) is 23.7 Å². The van der Waals surface area contributed by atoms with Gasteiger partial charge in [-0.05, 0) is 18.4 Å². The summed E-state index contributed by atoms with van der Waals surface area (Å²) in [5, 5.41) is 27.2. The van der Waals surface area contributed by atoms with Crippen molar-refractivity contribution in [1.29, 1.82) is 5.26 Å². The van der Waals surface area contributed by atoms with Crippen LogP contribution in [0.3, 0.4) is 0 Å². The third-order valence-electron chi connectivity index (χ3n) is 3.16. The number of nitrogens with two attached hydrogens (primary N) is 1. The van der Waals surface area contributed by atoms with Crippen LogP contribution in [-0.2, 0) is 19.4 Å². The third-order valence-corrected chi connectivity index (χ3v) is 3.16. The molecule has 2 heterocycles. The minimum absolute atomic E-state index is 0.445. The number of hydrogen-bond acceptors (Lipinski definition) is 6. The monoisotopic (exact) mass is 271 g/mol. The summed E-state index contributed by atoms with van der Waals surface area (Å²) in [4.78, 5) is 0. The summed E-state index contributed by atoms with van der Waals surface area (Å²) in [6.07, 6.45) is 3.16. The van der Waals surface area contributed by atoms with Crippen LogP contribution in [0.25, 0.3) is 0 Å². The summed E-state index contributed by atoms with van der Waals surface area (Å²) < 4.78 is 0. The number of nitrogens with zero attached hydrogens (tertiary/aromatic N) is 4. The van der Waals surface area contributed by atoms with Crippen molar-refractivity contribution >= 4 is 11.6 Å². The zero-order valence-electron chi connectivity index (χ0n) is 11.6. The molecule has 104 valence electrons. The quantitative estimate of drug-likeness (QED) is 0.756. The van der Waals surface area contributed by atoms with E-state index < -0.39 is 0 Å². The maximum atomic E-state index is 9.36. The first-order chi connectivity index (χ1) is 9.71. The summed E-state index contributed by atoms with van der Waals surface area (Å²) >= 11 is 0. The molecule has 2 aromatic rings. The van der Waals surface area contributed by atoms with Crippen molar-refractivity contribution in [2.45, 2.75) is 33.2 Å². The van der Waals surface area contributed by atoms with Gasteiger partial charge in [0.15, 0.2) is 5.82 Å². The van der Waals surface area contributed by atoms with Crippen molar-refractivity contribution in [1.82, 2.24) is 20.4 Å². The first-order valence-electron chi connectivity index (χ1n) is 6.51. The van der Waals surface area contributed by atoms with Gasteiger partial charge in [-0.2, -0.15) is 15.5 Å². The van der Waals surface area contributed by atoms with E-state index in [2.05, 4.69) is 31.8 Å². The van der Waals surface area contributed by atoms with E-state index in [4.69, 9.17) is 5.73 Å². The SMILES string of the molecule is CCc1nnc(NCc2cn[nH]c2N)c(C#N)c1CC. The van der Waals surface area contributed by atoms with Gasteiger partial charge in [-0.3, -0.25) is 5.10 Å². The Labute approximate surface area is 117 Å². The number of aromatic nitrogens is 4. The first kappa shape index (κ1) is 13.8. The lowest BCUT2D eigenvalue weighted by Crippen LogP contribution is -2.10. The van der Waals surface area contributed by atoms with Gasteiger partial charge in [-0.15, -0.1) is 5.10 Å². The predicted octanol–water partition coefficient (Wildman–Crippen LogP) is 1.39. The van der Waals surface area contributed by atoms with Crippen molar-refractivity contribution in [2.24, 2.45) is 0 Å². The number of anilines is 2. The minimum Gasteiger partial charge on any atom is -0.384 e. The van der Waals surface area contributed by atoms with Gasteiger partial charge in [-0.1, -0.05) is 13.8 Å². The Balaban J connectivity index is 2.28. The molecule has 20 heavy (non-hydrogen) atoms. The number of H-pyrrole nitrogens is 1. The van der Waals surface area contributed by atoms with Crippen LogP contribution in [0.1, 0.15) is 36.2 Å². The molecule has 0 aliphatic heterocycles. The Bertz CT molecular complexity index is 639. The molecule has 0 fully saturated rings. The van der Waals surface area contributed by atoms with Gasteiger partial charge in [0.1, 0.15) is 17.5 Å². The zero-order valence-corrected chi connectivity index (χ0v) is 11.6. The molecule has 2 aromatic heterocycles. The standard InChI is InChI=1S/C13H17N7/c1-3-9-10(5-14)13(20-18-11(9)4-2)16-6-8-7-17-19-12(8)15/h7H,3-4,6H2,1-2H3,(H,16,20)(H3,15,17,19). The third kappa shape index (κ3) is 2.54. The fourth-order valence-corrected chi connectivity index (χ4v) is 2.06. The van der Waals surface area contributed by atoms with Crippen LogP contribution in [0, 0.1) is 11.3 Å². The molecule has 4 N–H and O–H groups in total. The summed E-state index contributed by atoms with van der Waals surface area (Å²) in [6, 6.07) is 2.21. The average molecular weight is 271 g/mol. The average Bonchev–Trinajstić information content (AvgIpc) is 2.89. The molecule has 0 unspecified atom stereocenters. The number of nitriles is 1. The van der Waals surface area contributed by atoms with Gasteiger partial charge >= 0.3 is 0 Å². The smallest absolute Gasteiger partial charge is 0.167 e. The molecule has 0 bridgehead atoms. The Kier molecular flexibility index (Phi) is 4.15. The molecule has 0 atom stereocenters. The maximum Gasteiger partial charge on any atom is 0.167 e. The normalized spacial score (nSPS) is 10.2. The van der Waals surface area contributed by atoms with Crippen molar-refractivity contribution in [3.8, 4) is 6.07 Å². The fourth-order valence-electron chi connectivity index (χ4n) is 2.06. The molecule has 0 aliphatic rings. The summed E-state index contributed by atoms with van der Waals surface area (Å²) in [7, 11) is 0. The highest BCUT2D eigenvalue weighted by molar-refractivity contribution is 5.57. The lowest BCUT2D eigenvalue weighted by atomic mass is 10.0.